The van der Waals surface area contributed by atoms with Crippen molar-refractivity contribution < 1.29 is 9.53 Å². The molecular weight excluding hydrogens is 226 g/mol. The summed E-state index contributed by atoms with van der Waals surface area (Å²) in [5, 5.41) is 0.993. The summed E-state index contributed by atoms with van der Waals surface area (Å²) in [6.07, 6.45) is 0. The number of ether oxygens (including phenoxy) is 1. The number of carbonyl (C=O) groups is 1. The normalized spacial score (nSPS) is 10.9. The maximum atomic E-state index is 11.8. The molecule has 3 nitrogen and oxygen atoms in total. The Kier molecular flexibility index (Phi) is 3.41. The largest absolute Gasteiger partial charge is 0.494 e. The van der Waals surface area contributed by atoms with Crippen LogP contribution in [0.15, 0.2) is 18.2 Å². The third-order valence-electron chi connectivity index (χ3n) is 3.27. The average Bonchev–Trinajstić information content (AvgIpc) is 2.60. The van der Waals surface area contributed by atoms with E-state index in [-0.39, 0.29) is 5.78 Å². The summed E-state index contributed by atoms with van der Waals surface area (Å²) < 4.78 is 7.68. The summed E-state index contributed by atoms with van der Waals surface area (Å²) in [5.74, 6) is 0.930. The van der Waals surface area contributed by atoms with Crippen LogP contribution >= 0.6 is 0 Å². The van der Waals surface area contributed by atoms with Crippen LogP contribution in [0.3, 0.4) is 0 Å². The van der Waals surface area contributed by atoms with Crippen molar-refractivity contribution in [3.8, 4) is 5.75 Å². The molecule has 2 aromatic rings. The molecule has 0 aliphatic carbocycles. The van der Waals surface area contributed by atoms with E-state index in [4.69, 9.17) is 4.74 Å². The van der Waals surface area contributed by atoms with Crippen LogP contribution in [0.4, 0.5) is 0 Å². The van der Waals surface area contributed by atoms with Gasteiger partial charge in [0.25, 0.3) is 0 Å². The number of fused-ring (bicyclic) bond motifs is 1. The molecule has 0 amide bonds. The molecule has 0 unspecified atom stereocenters. The number of rotatable bonds is 4. The van der Waals surface area contributed by atoms with Gasteiger partial charge < -0.3 is 9.30 Å². The lowest BCUT2D eigenvalue weighted by molar-refractivity contribution is 0.101. The van der Waals surface area contributed by atoms with E-state index in [0.29, 0.717) is 6.61 Å². The zero-order valence-electron chi connectivity index (χ0n) is 11.4. The number of hydrogen-bond acceptors (Lipinski definition) is 2. The van der Waals surface area contributed by atoms with Crippen LogP contribution in [0.1, 0.15) is 36.8 Å². The topological polar surface area (TPSA) is 31.2 Å². The van der Waals surface area contributed by atoms with Gasteiger partial charge in [-0.3, -0.25) is 4.79 Å². The predicted molar refractivity (Wildman–Crippen MR) is 73.5 cm³/mol. The maximum Gasteiger partial charge on any atom is 0.162 e. The minimum atomic E-state index is 0.110. The molecule has 0 radical (unpaired) electrons. The molecule has 1 aromatic heterocycles. The van der Waals surface area contributed by atoms with Gasteiger partial charge in [-0.25, -0.2) is 0 Å². The van der Waals surface area contributed by atoms with E-state index < -0.39 is 0 Å². The van der Waals surface area contributed by atoms with E-state index in [1.54, 1.807) is 6.92 Å². The Bertz CT molecular complexity index is 596. The van der Waals surface area contributed by atoms with Gasteiger partial charge in [0.15, 0.2) is 5.78 Å². The highest BCUT2D eigenvalue weighted by Gasteiger charge is 2.16. The molecule has 0 aliphatic heterocycles. The molecule has 96 valence electrons. The number of ketones is 1. The van der Waals surface area contributed by atoms with Crippen LogP contribution in [0, 0.1) is 6.92 Å². The van der Waals surface area contributed by atoms with Crippen molar-refractivity contribution in [2.45, 2.75) is 34.2 Å². The molecule has 0 N–H and O–H groups in total. The SMILES string of the molecule is CCOc1ccc2c(c1)c(C(C)=O)c(C)n2CC. The lowest BCUT2D eigenvalue weighted by Gasteiger charge is -2.05. The molecule has 3 heteroatoms. The summed E-state index contributed by atoms with van der Waals surface area (Å²) in [4.78, 5) is 11.8. The third-order valence-corrected chi connectivity index (χ3v) is 3.27. The minimum absolute atomic E-state index is 0.110. The average molecular weight is 245 g/mol. The number of nitrogens with zero attached hydrogens (tertiary/aromatic N) is 1. The second kappa shape index (κ2) is 4.84. The monoisotopic (exact) mass is 245 g/mol. The van der Waals surface area contributed by atoms with Crippen LogP contribution in [-0.4, -0.2) is 17.0 Å². The van der Waals surface area contributed by atoms with Gasteiger partial charge in [0, 0.05) is 28.7 Å². The highest BCUT2D eigenvalue weighted by Crippen LogP contribution is 2.29. The van der Waals surface area contributed by atoms with Crippen LogP contribution in [0.5, 0.6) is 5.75 Å². The number of hydrogen-bond donors (Lipinski definition) is 0. The summed E-state index contributed by atoms with van der Waals surface area (Å²) in [5.41, 5.74) is 2.95. The van der Waals surface area contributed by atoms with E-state index >= 15 is 0 Å². The molecule has 0 saturated carbocycles. The molecule has 0 spiro atoms. The van der Waals surface area contributed by atoms with Gasteiger partial charge >= 0.3 is 0 Å². The van der Waals surface area contributed by atoms with Gasteiger partial charge in [-0.2, -0.15) is 0 Å². The Morgan fingerprint density at radius 2 is 2.06 bits per heavy atom. The standard InChI is InChI=1S/C15H19NO2/c1-5-16-10(3)15(11(4)17)13-9-12(18-6-2)7-8-14(13)16/h7-9H,5-6H2,1-4H3. The zero-order valence-corrected chi connectivity index (χ0v) is 11.4. The molecule has 0 bridgehead atoms. The van der Waals surface area contributed by atoms with Crippen molar-refractivity contribution in [2.75, 3.05) is 6.61 Å². The van der Waals surface area contributed by atoms with Crippen molar-refractivity contribution >= 4 is 16.7 Å². The van der Waals surface area contributed by atoms with Gasteiger partial charge in [0.1, 0.15) is 5.75 Å². The molecular formula is C15H19NO2. The van der Waals surface area contributed by atoms with Gasteiger partial charge in [0.05, 0.1) is 6.61 Å². The van der Waals surface area contributed by atoms with E-state index in [9.17, 15) is 4.79 Å². The lowest BCUT2D eigenvalue weighted by Crippen LogP contribution is -1.99. The second-order valence-electron chi connectivity index (χ2n) is 4.37. The van der Waals surface area contributed by atoms with Gasteiger partial charge in [-0.15, -0.1) is 0 Å². The summed E-state index contributed by atoms with van der Waals surface area (Å²) >= 11 is 0. The Balaban J connectivity index is 2.75. The molecule has 18 heavy (non-hydrogen) atoms. The fourth-order valence-electron chi connectivity index (χ4n) is 2.57. The quantitative estimate of drug-likeness (QED) is 0.771. The molecule has 1 aromatic carbocycles. The number of aryl methyl sites for hydroxylation is 1. The fourth-order valence-corrected chi connectivity index (χ4v) is 2.57. The van der Waals surface area contributed by atoms with Gasteiger partial charge in [-0.1, -0.05) is 0 Å². The number of carbonyl (C=O) groups excluding carboxylic acids is 1. The van der Waals surface area contributed by atoms with E-state index in [0.717, 1.165) is 34.5 Å². The van der Waals surface area contributed by atoms with E-state index in [2.05, 4.69) is 11.5 Å². The molecule has 1 heterocycles. The summed E-state index contributed by atoms with van der Waals surface area (Å²) in [7, 11) is 0. The molecule has 0 fully saturated rings. The van der Waals surface area contributed by atoms with Crippen LogP contribution in [-0.2, 0) is 6.54 Å². The Morgan fingerprint density at radius 1 is 1.33 bits per heavy atom. The highest BCUT2D eigenvalue weighted by atomic mass is 16.5. The van der Waals surface area contributed by atoms with Crippen molar-refractivity contribution in [2.24, 2.45) is 0 Å². The zero-order chi connectivity index (χ0) is 13.3. The highest BCUT2D eigenvalue weighted by molar-refractivity contribution is 6.08. The predicted octanol–water partition coefficient (Wildman–Crippen LogP) is 3.57. The molecule has 2 rings (SSSR count). The molecule has 0 aliphatic rings. The number of benzene rings is 1. The van der Waals surface area contributed by atoms with E-state index in [1.807, 2.05) is 32.0 Å². The fraction of sp³-hybridized carbons (Fsp3) is 0.400. The Labute approximate surface area is 107 Å². The Hall–Kier alpha value is -1.77. The lowest BCUT2D eigenvalue weighted by atomic mass is 10.1. The van der Waals surface area contributed by atoms with Crippen molar-refractivity contribution in [1.82, 2.24) is 4.57 Å². The first kappa shape index (κ1) is 12.7. The summed E-state index contributed by atoms with van der Waals surface area (Å²) in [6.45, 7) is 9.17. The summed E-state index contributed by atoms with van der Waals surface area (Å²) in [6, 6.07) is 5.96. The minimum Gasteiger partial charge on any atom is -0.494 e. The van der Waals surface area contributed by atoms with Crippen molar-refractivity contribution in [3.63, 3.8) is 0 Å². The first-order valence-electron chi connectivity index (χ1n) is 6.36. The smallest absolute Gasteiger partial charge is 0.162 e. The first-order chi connectivity index (χ1) is 8.60. The molecule has 0 atom stereocenters. The maximum absolute atomic E-state index is 11.8. The van der Waals surface area contributed by atoms with Crippen molar-refractivity contribution in [3.05, 3.63) is 29.5 Å². The van der Waals surface area contributed by atoms with Gasteiger partial charge in [-0.05, 0) is 45.9 Å². The van der Waals surface area contributed by atoms with Crippen LogP contribution in [0.25, 0.3) is 10.9 Å². The second-order valence-corrected chi connectivity index (χ2v) is 4.37. The van der Waals surface area contributed by atoms with Crippen LogP contribution in [0.2, 0.25) is 0 Å². The first-order valence-corrected chi connectivity index (χ1v) is 6.36. The number of aromatic nitrogens is 1. The number of Topliss-reactive ketones (excluding diaryl/α,β-unsaturated/α-hetero) is 1. The van der Waals surface area contributed by atoms with Crippen molar-refractivity contribution in [1.29, 1.82) is 0 Å². The van der Waals surface area contributed by atoms with Gasteiger partial charge in [0.2, 0.25) is 0 Å². The Morgan fingerprint density at radius 3 is 2.61 bits per heavy atom. The third kappa shape index (κ3) is 1.90. The van der Waals surface area contributed by atoms with Crippen LogP contribution < -0.4 is 4.74 Å². The molecule has 0 saturated heterocycles. The van der Waals surface area contributed by atoms with E-state index in [1.165, 1.54) is 0 Å².